The Morgan fingerprint density at radius 1 is 1.47 bits per heavy atom. The van der Waals surface area contributed by atoms with E-state index in [9.17, 15) is 4.79 Å². The van der Waals surface area contributed by atoms with E-state index >= 15 is 0 Å². The van der Waals surface area contributed by atoms with Gasteiger partial charge in [-0.05, 0) is 17.5 Å². The van der Waals surface area contributed by atoms with Crippen molar-refractivity contribution in [3.63, 3.8) is 0 Å². The number of hydrogen-bond donors (Lipinski definition) is 1. The first-order valence-electron chi connectivity index (χ1n) is 5.10. The first-order chi connectivity index (χ1) is 8.27. The fourth-order valence-electron chi connectivity index (χ4n) is 1.38. The molecule has 2 aromatic rings. The highest BCUT2D eigenvalue weighted by atomic mass is 32.1. The van der Waals surface area contributed by atoms with Crippen LogP contribution in [0.25, 0.3) is 0 Å². The topological polar surface area (TPSA) is 59.4 Å². The largest absolute Gasteiger partial charge is 0.492 e. The van der Waals surface area contributed by atoms with E-state index in [0.717, 1.165) is 6.42 Å². The third-order valence-electron chi connectivity index (χ3n) is 2.20. The fourth-order valence-corrected chi connectivity index (χ4v) is 2.07. The zero-order chi connectivity index (χ0) is 12.1. The van der Waals surface area contributed by atoms with E-state index in [2.05, 4.69) is 4.98 Å². The zero-order valence-corrected chi connectivity index (χ0v) is 9.81. The molecule has 0 bridgehead atoms. The van der Waals surface area contributed by atoms with Gasteiger partial charge in [0.2, 0.25) is 0 Å². The Labute approximate surface area is 103 Å². The van der Waals surface area contributed by atoms with Crippen molar-refractivity contribution in [2.75, 3.05) is 6.61 Å². The van der Waals surface area contributed by atoms with Gasteiger partial charge in [-0.25, -0.2) is 4.79 Å². The summed E-state index contributed by atoms with van der Waals surface area (Å²) in [6, 6.07) is 5.58. The molecule has 0 aromatic carbocycles. The molecule has 2 aromatic heterocycles. The normalized spacial score (nSPS) is 10.1. The van der Waals surface area contributed by atoms with E-state index in [4.69, 9.17) is 9.84 Å². The standard InChI is InChI=1S/C12H11NO3S/c14-12(15)10-8-13-5-3-11(10)16-6-4-9-2-1-7-17-9/h1-3,5,7-8H,4,6H2,(H,14,15). The molecule has 0 aliphatic rings. The number of aromatic carboxylic acids is 1. The average molecular weight is 249 g/mol. The molecule has 0 aliphatic carbocycles. The number of pyridine rings is 1. The maximum Gasteiger partial charge on any atom is 0.341 e. The van der Waals surface area contributed by atoms with Gasteiger partial charge < -0.3 is 9.84 Å². The molecule has 0 amide bonds. The van der Waals surface area contributed by atoms with Gasteiger partial charge in [-0.15, -0.1) is 11.3 Å². The first kappa shape index (κ1) is 11.6. The Bertz CT molecular complexity index is 496. The highest BCUT2D eigenvalue weighted by Gasteiger charge is 2.10. The molecule has 0 fully saturated rings. The van der Waals surface area contributed by atoms with Crippen LogP contribution in [0.5, 0.6) is 5.75 Å². The smallest absolute Gasteiger partial charge is 0.341 e. The van der Waals surface area contributed by atoms with Crippen LogP contribution >= 0.6 is 11.3 Å². The molecule has 5 heteroatoms. The number of nitrogens with zero attached hydrogens (tertiary/aromatic N) is 1. The second-order valence-corrected chi connectivity index (χ2v) is 4.39. The van der Waals surface area contributed by atoms with Crippen LogP contribution in [0.4, 0.5) is 0 Å². The second kappa shape index (κ2) is 5.45. The molecule has 1 N–H and O–H groups in total. The van der Waals surface area contributed by atoms with E-state index in [1.807, 2.05) is 17.5 Å². The van der Waals surface area contributed by atoms with Crippen molar-refractivity contribution >= 4 is 17.3 Å². The van der Waals surface area contributed by atoms with Gasteiger partial charge in [-0.3, -0.25) is 4.98 Å². The molecule has 88 valence electrons. The van der Waals surface area contributed by atoms with E-state index < -0.39 is 5.97 Å². The minimum atomic E-state index is -1.02. The predicted molar refractivity (Wildman–Crippen MR) is 64.7 cm³/mol. The van der Waals surface area contributed by atoms with Crippen LogP contribution in [0.2, 0.25) is 0 Å². The summed E-state index contributed by atoms with van der Waals surface area (Å²) in [7, 11) is 0. The number of hydrogen-bond acceptors (Lipinski definition) is 4. The van der Waals surface area contributed by atoms with Gasteiger partial charge in [0.1, 0.15) is 11.3 Å². The number of aromatic nitrogens is 1. The third kappa shape index (κ3) is 3.04. The molecule has 4 nitrogen and oxygen atoms in total. The van der Waals surface area contributed by atoms with Crippen molar-refractivity contribution in [3.05, 3.63) is 46.4 Å². The Balaban J connectivity index is 1.97. The fraction of sp³-hybridized carbons (Fsp3) is 0.167. The van der Waals surface area contributed by atoms with E-state index in [1.54, 1.807) is 17.4 Å². The monoisotopic (exact) mass is 249 g/mol. The van der Waals surface area contributed by atoms with Gasteiger partial charge in [-0.2, -0.15) is 0 Å². The van der Waals surface area contributed by atoms with Gasteiger partial charge in [0.05, 0.1) is 6.61 Å². The summed E-state index contributed by atoms with van der Waals surface area (Å²) in [6.45, 7) is 0.463. The van der Waals surface area contributed by atoms with Crippen molar-refractivity contribution in [1.82, 2.24) is 4.98 Å². The van der Waals surface area contributed by atoms with Gasteiger partial charge in [0, 0.05) is 23.7 Å². The molecule has 0 aliphatic heterocycles. The molecule has 0 saturated heterocycles. The van der Waals surface area contributed by atoms with Crippen molar-refractivity contribution < 1.29 is 14.6 Å². The lowest BCUT2D eigenvalue weighted by Gasteiger charge is -2.07. The number of carboxylic acids is 1. The number of rotatable bonds is 5. The highest BCUT2D eigenvalue weighted by molar-refractivity contribution is 7.09. The predicted octanol–water partition coefficient (Wildman–Crippen LogP) is 2.46. The average Bonchev–Trinajstić information content (AvgIpc) is 2.82. The molecule has 0 radical (unpaired) electrons. The number of carbonyl (C=O) groups is 1. The van der Waals surface area contributed by atoms with Crippen molar-refractivity contribution in [2.45, 2.75) is 6.42 Å². The molecule has 0 unspecified atom stereocenters. The zero-order valence-electron chi connectivity index (χ0n) is 9.00. The Hall–Kier alpha value is -1.88. The Morgan fingerprint density at radius 3 is 3.06 bits per heavy atom. The summed E-state index contributed by atoms with van der Waals surface area (Å²) in [4.78, 5) is 15.9. The van der Waals surface area contributed by atoms with E-state index in [0.29, 0.717) is 12.4 Å². The lowest BCUT2D eigenvalue weighted by atomic mass is 10.2. The molecule has 17 heavy (non-hydrogen) atoms. The van der Waals surface area contributed by atoms with Gasteiger partial charge in [0.15, 0.2) is 0 Å². The first-order valence-corrected chi connectivity index (χ1v) is 5.98. The minimum absolute atomic E-state index is 0.0960. The summed E-state index contributed by atoms with van der Waals surface area (Å²) in [5, 5.41) is 10.9. The summed E-state index contributed by atoms with van der Waals surface area (Å²) in [6.07, 6.45) is 3.59. The lowest BCUT2D eigenvalue weighted by Crippen LogP contribution is -2.06. The third-order valence-corrected chi connectivity index (χ3v) is 3.13. The van der Waals surface area contributed by atoms with Crippen LogP contribution in [0.15, 0.2) is 36.0 Å². The summed E-state index contributed by atoms with van der Waals surface area (Å²) in [5.74, 6) is -0.659. The van der Waals surface area contributed by atoms with E-state index in [-0.39, 0.29) is 5.56 Å². The van der Waals surface area contributed by atoms with Crippen LogP contribution in [-0.2, 0) is 6.42 Å². The molecule has 2 rings (SSSR count). The van der Waals surface area contributed by atoms with Crippen molar-refractivity contribution in [1.29, 1.82) is 0 Å². The van der Waals surface area contributed by atoms with Crippen LogP contribution < -0.4 is 4.74 Å². The summed E-state index contributed by atoms with van der Waals surface area (Å²) in [5.41, 5.74) is 0.0960. The van der Waals surface area contributed by atoms with Crippen LogP contribution in [0.1, 0.15) is 15.2 Å². The van der Waals surface area contributed by atoms with Crippen LogP contribution in [0, 0.1) is 0 Å². The molecule has 0 atom stereocenters. The maximum atomic E-state index is 10.9. The minimum Gasteiger partial charge on any atom is -0.492 e. The van der Waals surface area contributed by atoms with Crippen LogP contribution in [0.3, 0.4) is 0 Å². The van der Waals surface area contributed by atoms with Gasteiger partial charge in [-0.1, -0.05) is 6.07 Å². The Morgan fingerprint density at radius 2 is 2.35 bits per heavy atom. The molecular formula is C12H11NO3S. The number of thiophene rings is 1. The SMILES string of the molecule is O=C(O)c1cnccc1OCCc1cccs1. The van der Waals surface area contributed by atoms with Gasteiger partial charge in [0.25, 0.3) is 0 Å². The van der Waals surface area contributed by atoms with E-state index in [1.165, 1.54) is 17.3 Å². The molecule has 0 saturated carbocycles. The van der Waals surface area contributed by atoms with Crippen molar-refractivity contribution in [2.24, 2.45) is 0 Å². The highest BCUT2D eigenvalue weighted by Crippen LogP contribution is 2.17. The number of ether oxygens (including phenoxy) is 1. The second-order valence-electron chi connectivity index (χ2n) is 3.35. The molecular weight excluding hydrogens is 238 g/mol. The summed E-state index contributed by atoms with van der Waals surface area (Å²) < 4.78 is 5.46. The quantitative estimate of drug-likeness (QED) is 0.884. The van der Waals surface area contributed by atoms with Crippen LogP contribution in [-0.4, -0.2) is 22.7 Å². The van der Waals surface area contributed by atoms with Crippen molar-refractivity contribution in [3.8, 4) is 5.75 Å². The Kier molecular flexibility index (Phi) is 3.72. The maximum absolute atomic E-state index is 10.9. The lowest BCUT2D eigenvalue weighted by molar-refractivity contribution is 0.0692. The number of carboxylic acid groups (broad SMARTS) is 1. The summed E-state index contributed by atoms with van der Waals surface area (Å²) >= 11 is 1.66. The molecule has 2 heterocycles. The van der Waals surface area contributed by atoms with Gasteiger partial charge >= 0.3 is 5.97 Å². The molecule has 0 spiro atoms.